The number of aryl methyl sites for hydroxylation is 1. The lowest BCUT2D eigenvalue weighted by Crippen LogP contribution is -2.09. The van der Waals surface area contributed by atoms with E-state index in [2.05, 4.69) is 27.6 Å². The molecule has 0 fully saturated rings. The summed E-state index contributed by atoms with van der Waals surface area (Å²) < 4.78 is 3.12. The van der Waals surface area contributed by atoms with Crippen LogP contribution in [0.25, 0.3) is 0 Å². The fourth-order valence-electron chi connectivity index (χ4n) is 1.68. The molecule has 17 heavy (non-hydrogen) atoms. The zero-order valence-corrected chi connectivity index (χ0v) is 11.7. The summed E-state index contributed by atoms with van der Waals surface area (Å²) in [5.41, 5.74) is 0.746. The second-order valence-corrected chi connectivity index (χ2v) is 4.98. The molecule has 1 aromatic heterocycles. The first-order chi connectivity index (χ1) is 8.20. The van der Waals surface area contributed by atoms with Crippen molar-refractivity contribution < 1.29 is 4.79 Å². The lowest BCUT2D eigenvalue weighted by molar-refractivity contribution is 0.0990. The van der Waals surface area contributed by atoms with Crippen molar-refractivity contribution in [3.05, 3.63) is 51.6 Å². The minimum absolute atomic E-state index is 0.113. The minimum atomic E-state index is 0.113. The van der Waals surface area contributed by atoms with Crippen LogP contribution in [0.5, 0.6) is 0 Å². The van der Waals surface area contributed by atoms with Crippen LogP contribution in [0, 0.1) is 3.57 Å². The van der Waals surface area contributed by atoms with Crippen LogP contribution in [-0.4, -0.2) is 15.3 Å². The lowest BCUT2D eigenvalue weighted by Gasteiger charge is -2.04. The van der Waals surface area contributed by atoms with E-state index in [9.17, 15) is 4.79 Å². The fourth-order valence-corrected chi connectivity index (χ4v) is 2.04. The number of rotatable bonds is 4. The van der Waals surface area contributed by atoms with Crippen LogP contribution in [-0.2, 0) is 13.0 Å². The number of benzene rings is 1. The van der Waals surface area contributed by atoms with Crippen molar-refractivity contribution in [3.63, 3.8) is 0 Å². The SMILES string of the molecule is CCn1ccnc1CC(=O)c1ccc(I)cc1. The Morgan fingerprint density at radius 2 is 2.06 bits per heavy atom. The normalized spacial score (nSPS) is 10.5. The summed E-state index contributed by atoms with van der Waals surface area (Å²) in [6.45, 7) is 2.88. The summed E-state index contributed by atoms with van der Waals surface area (Å²) in [4.78, 5) is 16.2. The molecule has 0 unspecified atom stereocenters. The van der Waals surface area contributed by atoms with Gasteiger partial charge in [0.1, 0.15) is 5.82 Å². The number of ketones is 1. The van der Waals surface area contributed by atoms with Crippen LogP contribution >= 0.6 is 22.6 Å². The molecule has 0 aliphatic heterocycles. The number of nitrogens with zero attached hydrogens (tertiary/aromatic N) is 2. The molecule has 0 radical (unpaired) electrons. The molecule has 0 aliphatic carbocycles. The van der Waals surface area contributed by atoms with Gasteiger partial charge in [-0.25, -0.2) is 4.98 Å². The maximum Gasteiger partial charge on any atom is 0.170 e. The van der Waals surface area contributed by atoms with Gasteiger partial charge in [-0.15, -0.1) is 0 Å². The molecule has 0 saturated carbocycles. The summed E-state index contributed by atoms with van der Waals surface area (Å²) in [5.74, 6) is 0.943. The van der Waals surface area contributed by atoms with E-state index in [1.165, 1.54) is 0 Å². The van der Waals surface area contributed by atoms with E-state index in [1.807, 2.05) is 42.0 Å². The van der Waals surface area contributed by atoms with Crippen molar-refractivity contribution in [1.29, 1.82) is 0 Å². The van der Waals surface area contributed by atoms with E-state index in [4.69, 9.17) is 0 Å². The van der Waals surface area contributed by atoms with E-state index >= 15 is 0 Å². The van der Waals surface area contributed by atoms with Crippen LogP contribution in [0.1, 0.15) is 23.1 Å². The number of Topliss-reactive ketones (excluding diaryl/α,β-unsaturated/α-hetero) is 1. The first-order valence-electron chi connectivity index (χ1n) is 5.49. The maximum atomic E-state index is 12.0. The van der Waals surface area contributed by atoms with Gasteiger partial charge in [-0.1, -0.05) is 12.1 Å². The number of aromatic nitrogens is 2. The van der Waals surface area contributed by atoms with Crippen molar-refractivity contribution in [1.82, 2.24) is 9.55 Å². The first kappa shape index (κ1) is 12.3. The van der Waals surface area contributed by atoms with Crippen LogP contribution in [0.15, 0.2) is 36.7 Å². The number of carbonyl (C=O) groups is 1. The molecule has 4 heteroatoms. The highest BCUT2D eigenvalue weighted by Gasteiger charge is 2.10. The topological polar surface area (TPSA) is 34.9 Å². The van der Waals surface area contributed by atoms with Crippen LogP contribution in [0.4, 0.5) is 0 Å². The molecule has 2 aromatic rings. The van der Waals surface area contributed by atoms with Crippen LogP contribution < -0.4 is 0 Å². The Balaban J connectivity index is 2.14. The standard InChI is InChI=1S/C13H13IN2O/c1-2-16-8-7-15-13(16)9-12(17)10-3-5-11(14)6-4-10/h3-8H,2,9H2,1H3. The van der Waals surface area contributed by atoms with Gasteiger partial charge in [0.15, 0.2) is 5.78 Å². The molecule has 1 heterocycles. The van der Waals surface area contributed by atoms with Gasteiger partial charge >= 0.3 is 0 Å². The Labute approximate surface area is 114 Å². The molecule has 0 bridgehead atoms. The van der Waals surface area contributed by atoms with Gasteiger partial charge in [0.05, 0.1) is 6.42 Å². The van der Waals surface area contributed by atoms with Crippen molar-refractivity contribution in [2.75, 3.05) is 0 Å². The predicted octanol–water partition coefficient (Wildman–Crippen LogP) is 2.93. The third-order valence-corrected chi connectivity index (χ3v) is 3.35. The zero-order chi connectivity index (χ0) is 12.3. The smallest absolute Gasteiger partial charge is 0.170 e. The molecule has 2 rings (SSSR count). The second kappa shape index (κ2) is 5.44. The Bertz CT molecular complexity index is 516. The monoisotopic (exact) mass is 340 g/mol. The predicted molar refractivity (Wildman–Crippen MR) is 75.1 cm³/mol. The van der Waals surface area contributed by atoms with Crippen LogP contribution in [0.3, 0.4) is 0 Å². The number of halogens is 1. The minimum Gasteiger partial charge on any atom is -0.335 e. The third-order valence-electron chi connectivity index (χ3n) is 2.63. The van der Waals surface area contributed by atoms with E-state index < -0.39 is 0 Å². The molecule has 0 spiro atoms. The van der Waals surface area contributed by atoms with Gasteiger partial charge in [0.2, 0.25) is 0 Å². The quantitative estimate of drug-likeness (QED) is 0.634. The van der Waals surface area contributed by atoms with Gasteiger partial charge < -0.3 is 4.57 Å². The molecule has 3 nitrogen and oxygen atoms in total. The molecule has 0 atom stereocenters. The maximum absolute atomic E-state index is 12.0. The molecule has 0 aliphatic rings. The van der Waals surface area contributed by atoms with E-state index in [0.717, 1.165) is 21.5 Å². The highest BCUT2D eigenvalue weighted by atomic mass is 127. The highest BCUT2D eigenvalue weighted by Crippen LogP contribution is 2.10. The largest absolute Gasteiger partial charge is 0.335 e. The van der Waals surface area contributed by atoms with Gasteiger partial charge in [0, 0.05) is 28.1 Å². The van der Waals surface area contributed by atoms with Gasteiger partial charge in [0.25, 0.3) is 0 Å². The van der Waals surface area contributed by atoms with Gasteiger partial charge in [-0.2, -0.15) is 0 Å². The Hall–Kier alpha value is -1.17. The van der Waals surface area contributed by atoms with Crippen molar-refractivity contribution in [2.24, 2.45) is 0 Å². The number of imidazole rings is 1. The molecule has 0 amide bonds. The molecular weight excluding hydrogens is 327 g/mol. The van der Waals surface area contributed by atoms with Gasteiger partial charge in [-0.3, -0.25) is 4.79 Å². The van der Waals surface area contributed by atoms with Crippen molar-refractivity contribution in [2.45, 2.75) is 19.9 Å². The Morgan fingerprint density at radius 3 is 2.71 bits per heavy atom. The number of carbonyl (C=O) groups excluding carboxylic acids is 1. The van der Waals surface area contributed by atoms with E-state index in [0.29, 0.717) is 6.42 Å². The average molecular weight is 340 g/mol. The van der Waals surface area contributed by atoms with Crippen molar-refractivity contribution >= 4 is 28.4 Å². The number of hydrogen-bond donors (Lipinski definition) is 0. The fraction of sp³-hybridized carbons (Fsp3) is 0.231. The summed E-state index contributed by atoms with van der Waals surface area (Å²) in [6.07, 6.45) is 4.00. The highest BCUT2D eigenvalue weighted by molar-refractivity contribution is 14.1. The summed E-state index contributed by atoms with van der Waals surface area (Å²) in [6, 6.07) is 7.62. The van der Waals surface area contributed by atoms with Gasteiger partial charge in [-0.05, 0) is 41.6 Å². The molecule has 0 N–H and O–H groups in total. The molecular formula is C13H13IN2O. The van der Waals surface area contributed by atoms with E-state index in [1.54, 1.807) is 6.20 Å². The second-order valence-electron chi connectivity index (χ2n) is 3.74. The summed E-state index contributed by atoms with van der Waals surface area (Å²) in [5, 5.41) is 0. The summed E-state index contributed by atoms with van der Waals surface area (Å²) in [7, 11) is 0. The number of hydrogen-bond acceptors (Lipinski definition) is 2. The third kappa shape index (κ3) is 2.94. The molecule has 0 saturated heterocycles. The first-order valence-corrected chi connectivity index (χ1v) is 6.57. The molecule has 88 valence electrons. The Kier molecular flexibility index (Phi) is 3.93. The van der Waals surface area contributed by atoms with Crippen LogP contribution in [0.2, 0.25) is 0 Å². The average Bonchev–Trinajstić information content (AvgIpc) is 2.77. The Morgan fingerprint density at radius 1 is 1.35 bits per heavy atom. The summed E-state index contributed by atoms with van der Waals surface area (Å²) >= 11 is 2.23. The van der Waals surface area contributed by atoms with Crippen molar-refractivity contribution in [3.8, 4) is 0 Å². The zero-order valence-electron chi connectivity index (χ0n) is 9.56. The van der Waals surface area contributed by atoms with E-state index in [-0.39, 0.29) is 5.78 Å². The molecule has 1 aromatic carbocycles. The lowest BCUT2D eigenvalue weighted by atomic mass is 10.1.